The molecule has 4 heteroatoms. The van der Waals surface area contributed by atoms with Gasteiger partial charge < -0.3 is 10.6 Å². The van der Waals surface area contributed by atoms with Crippen molar-refractivity contribution in [2.45, 2.75) is 20.8 Å². The van der Waals surface area contributed by atoms with Gasteiger partial charge in [0.15, 0.2) is 0 Å². The molecule has 20 heavy (non-hydrogen) atoms. The fraction of sp³-hybridized carbons (Fsp3) is 0.250. The molecule has 2 N–H and O–H groups in total. The van der Waals surface area contributed by atoms with E-state index in [1.54, 1.807) is 6.08 Å². The van der Waals surface area contributed by atoms with Crippen molar-refractivity contribution in [1.29, 1.82) is 0 Å². The van der Waals surface area contributed by atoms with E-state index in [9.17, 15) is 0 Å². The predicted octanol–water partition coefficient (Wildman–Crippen LogP) is 3.74. The average molecular weight is 268 g/mol. The van der Waals surface area contributed by atoms with E-state index >= 15 is 0 Å². The van der Waals surface area contributed by atoms with Crippen molar-refractivity contribution >= 4 is 17.5 Å². The summed E-state index contributed by atoms with van der Waals surface area (Å²) in [5.74, 6) is 1.40. The smallest absolute Gasteiger partial charge is 0.225 e. The molecule has 0 bridgehead atoms. The lowest BCUT2D eigenvalue weighted by molar-refractivity contribution is 1.08. The number of nitrogens with zero attached hydrogens (tertiary/aromatic N) is 2. The third kappa shape index (κ3) is 3.35. The van der Waals surface area contributed by atoms with Crippen LogP contribution in [0, 0.1) is 20.8 Å². The molecule has 0 aliphatic heterocycles. The Kier molecular flexibility index (Phi) is 4.35. The number of benzene rings is 1. The van der Waals surface area contributed by atoms with E-state index < -0.39 is 0 Å². The fourth-order valence-corrected chi connectivity index (χ4v) is 1.90. The fourth-order valence-electron chi connectivity index (χ4n) is 1.90. The van der Waals surface area contributed by atoms with E-state index in [0.717, 1.165) is 17.2 Å². The zero-order valence-electron chi connectivity index (χ0n) is 12.2. The van der Waals surface area contributed by atoms with Crippen molar-refractivity contribution in [1.82, 2.24) is 9.97 Å². The molecule has 4 nitrogen and oxygen atoms in total. The van der Waals surface area contributed by atoms with Gasteiger partial charge in [-0.05, 0) is 38.0 Å². The molecule has 1 aromatic heterocycles. The highest BCUT2D eigenvalue weighted by atomic mass is 15.1. The number of rotatable bonds is 5. The van der Waals surface area contributed by atoms with Crippen molar-refractivity contribution in [3.63, 3.8) is 0 Å². The van der Waals surface area contributed by atoms with Crippen molar-refractivity contribution in [3.8, 4) is 0 Å². The first-order valence-corrected chi connectivity index (χ1v) is 6.64. The Labute approximate surface area is 120 Å². The summed E-state index contributed by atoms with van der Waals surface area (Å²) < 4.78 is 0. The van der Waals surface area contributed by atoms with E-state index in [2.05, 4.69) is 53.2 Å². The van der Waals surface area contributed by atoms with E-state index in [0.29, 0.717) is 12.5 Å². The predicted molar refractivity (Wildman–Crippen MR) is 84.7 cm³/mol. The summed E-state index contributed by atoms with van der Waals surface area (Å²) in [6, 6.07) is 8.12. The maximum atomic E-state index is 4.46. The molecular formula is C16H20N4. The van der Waals surface area contributed by atoms with Crippen LogP contribution in [0.15, 0.2) is 36.9 Å². The molecule has 104 valence electrons. The maximum Gasteiger partial charge on any atom is 0.225 e. The van der Waals surface area contributed by atoms with Crippen molar-refractivity contribution in [3.05, 3.63) is 53.7 Å². The third-order valence-electron chi connectivity index (χ3n) is 3.13. The maximum absolute atomic E-state index is 4.46. The van der Waals surface area contributed by atoms with Crippen LogP contribution in [0.1, 0.15) is 16.8 Å². The highest BCUT2D eigenvalue weighted by Gasteiger charge is 2.05. The number of hydrogen-bond donors (Lipinski definition) is 2. The lowest BCUT2D eigenvalue weighted by Crippen LogP contribution is -2.06. The molecule has 2 rings (SSSR count). The zero-order chi connectivity index (χ0) is 14.5. The molecule has 0 radical (unpaired) electrons. The molecule has 0 amide bonds. The van der Waals surface area contributed by atoms with Crippen LogP contribution in [0.5, 0.6) is 0 Å². The first-order chi connectivity index (χ1) is 9.60. The van der Waals surface area contributed by atoms with Gasteiger partial charge in [-0.1, -0.05) is 18.2 Å². The summed E-state index contributed by atoms with van der Waals surface area (Å²) >= 11 is 0. The van der Waals surface area contributed by atoms with Crippen LogP contribution in [0.4, 0.5) is 17.5 Å². The molecule has 2 aromatic rings. The topological polar surface area (TPSA) is 49.8 Å². The van der Waals surface area contributed by atoms with Crippen LogP contribution < -0.4 is 10.6 Å². The Bertz CT molecular complexity index is 620. The Balaban J connectivity index is 2.26. The summed E-state index contributed by atoms with van der Waals surface area (Å²) in [6.45, 7) is 10.5. The molecule has 0 fully saturated rings. The van der Waals surface area contributed by atoms with Crippen molar-refractivity contribution in [2.75, 3.05) is 17.2 Å². The van der Waals surface area contributed by atoms with Gasteiger partial charge >= 0.3 is 0 Å². The molecule has 1 aromatic carbocycles. The van der Waals surface area contributed by atoms with Crippen LogP contribution in [0.25, 0.3) is 0 Å². The van der Waals surface area contributed by atoms with E-state index in [4.69, 9.17) is 0 Å². The molecule has 0 aliphatic carbocycles. The summed E-state index contributed by atoms with van der Waals surface area (Å²) in [5, 5.41) is 6.46. The van der Waals surface area contributed by atoms with Crippen LogP contribution in [0.3, 0.4) is 0 Å². The van der Waals surface area contributed by atoms with Crippen LogP contribution >= 0.6 is 0 Å². The SMILES string of the molecule is C=CCNc1nc(C)cc(Nc2cccc(C)c2C)n1. The zero-order valence-corrected chi connectivity index (χ0v) is 12.2. The largest absolute Gasteiger partial charge is 0.351 e. The summed E-state index contributed by atoms with van der Waals surface area (Å²) in [4.78, 5) is 8.80. The third-order valence-corrected chi connectivity index (χ3v) is 3.13. The van der Waals surface area contributed by atoms with Gasteiger partial charge in [0.25, 0.3) is 0 Å². The highest BCUT2D eigenvalue weighted by molar-refractivity contribution is 5.62. The Morgan fingerprint density at radius 3 is 2.75 bits per heavy atom. The minimum absolute atomic E-state index is 0.609. The van der Waals surface area contributed by atoms with Gasteiger partial charge in [0.1, 0.15) is 5.82 Å². The van der Waals surface area contributed by atoms with Gasteiger partial charge in [-0.25, -0.2) is 4.98 Å². The normalized spacial score (nSPS) is 10.2. The number of aryl methyl sites for hydroxylation is 2. The van der Waals surface area contributed by atoms with Gasteiger partial charge in [0.2, 0.25) is 5.95 Å². The second kappa shape index (κ2) is 6.19. The molecule has 0 spiro atoms. The van der Waals surface area contributed by atoms with Crippen molar-refractivity contribution < 1.29 is 0 Å². The molecule has 0 aliphatic rings. The highest BCUT2D eigenvalue weighted by Crippen LogP contribution is 2.22. The molecular weight excluding hydrogens is 248 g/mol. The quantitative estimate of drug-likeness (QED) is 0.811. The van der Waals surface area contributed by atoms with Crippen LogP contribution in [-0.2, 0) is 0 Å². The summed E-state index contributed by atoms with van der Waals surface area (Å²) in [5.41, 5.74) is 4.47. The lowest BCUT2D eigenvalue weighted by atomic mass is 10.1. The Morgan fingerprint density at radius 1 is 1.20 bits per heavy atom. The van der Waals surface area contributed by atoms with Crippen LogP contribution in [0.2, 0.25) is 0 Å². The second-order valence-electron chi connectivity index (χ2n) is 4.76. The van der Waals surface area contributed by atoms with Gasteiger partial charge in [0.05, 0.1) is 0 Å². The van der Waals surface area contributed by atoms with Gasteiger partial charge in [-0.3, -0.25) is 0 Å². The second-order valence-corrected chi connectivity index (χ2v) is 4.76. The minimum atomic E-state index is 0.609. The number of nitrogens with one attached hydrogen (secondary N) is 2. The Morgan fingerprint density at radius 2 is 2.00 bits per heavy atom. The minimum Gasteiger partial charge on any atom is -0.351 e. The van der Waals surface area contributed by atoms with E-state index in [-0.39, 0.29) is 0 Å². The lowest BCUT2D eigenvalue weighted by Gasteiger charge is -2.12. The van der Waals surface area contributed by atoms with Gasteiger partial charge in [-0.2, -0.15) is 4.98 Å². The number of hydrogen-bond acceptors (Lipinski definition) is 4. The standard InChI is InChI=1S/C16H20N4/c1-5-9-17-16-18-12(3)10-15(20-16)19-14-8-6-7-11(2)13(14)4/h5-8,10H,1,9H2,2-4H3,(H2,17,18,19,20). The molecule has 0 unspecified atom stereocenters. The van der Waals surface area contributed by atoms with E-state index in [1.165, 1.54) is 11.1 Å². The number of anilines is 3. The van der Waals surface area contributed by atoms with E-state index in [1.807, 2.05) is 19.1 Å². The van der Waals surface area contributed by atoms with Crippen LogP contribution in [-0.4, -0.2) is 16.5 Å². The average Bonchev–Trinajstić information content (AvgIpc) is 2.41. The Hall–Kier alpha value is -2.36. The molecule has 0 saturated heterocycles. The number of aromatic nitrogens is 2. The van der Waals surface area contributed by atoms with Gasteiger partial charge in [-0.15, -0.1) is 6.58 Å². The first kappa shape index (κ1) is 14.1. The molecule has 1 heterocycles. The first-order valence-electron chi connectivity index (χ1n) is 6.64. The summed E-state index contributed by atoms with van der Waals surface area (Å²) in [6.07, 6.45) is 1.78. The summed E-state index contributed by atoms with van der Waals surface area (Å²) in [7, 11) is 0. The van der Waals surface area contributed by atoms with Gasteiger partial charge in [0, 0.05) is 24.0 Å². The molecule has 0 saturated carbocycles. The molecule has 0 atom stereocenters. The van der Waals surface area contributed by atoms with Crippen molar-refractivity contribution in [2.24, 2.45) is 0 Å². The monoisotopic (exact) mass is 268 g/mol.